The molecule has 0 radical (unpaired) electrons. The summed E-state index contributed by atoms with van der Waals surface area (Å²) < 4.78 is 6.34. The van der Waals surface area contributed by atoms with Gasteiger partial charge in [-0.05, 0) is 59.8 Å². The Balaban J connectivity index is 1.89. The molecule has 0 bridgehead atoms. The maximum Gasteiger partial charge on any atom is 0.123 e. The van der Waals surface area contributed by atoms with Gasteiger partial charge in [-0.2, -0.15) is 0 Å². The molecule has 0 saturated heterocycles. The molecule has 2 nitrogen and oxygen atoms in total. The van der Waals surface area contributed by atoms with E-state index in [0.717, 1.165) is 37.9 Å². The van der Waals surface area contributed by atoms with E-state index in [0.29, 0.717) is 12.5 Å². The number of aliphatic hydroxyl groups is 1. The number of benzene rings is 2. The van der Waals surface area contributed by atoms with Crippen molar-refractivity contribution in [2.24, 2.45) is 0 Å². The Morgan fingerprint density at radius 1 is 1.07 bits per heavy atom. The highest BCUT2D eigenvalue weighted by Gasteiger charge is 2.26. The lowest BCUT2D eigenvalue weighted by molar-refractivity contribution is 0.118. The van der Waals surface area contributed by atoms with Gasteiger partial charge in [-0.3, -0.25) is 0 Å². The van der Waals surface area contributed by atoms with E-state index in [1.54, 1.807) is 0 Å². The van der Waals surface area contributed by atoms with Gasteiger partial charge in [-0.1, -0.05) is 76.1 Å². The highest BCUT2D eigenvalue weighted by Crippen LogP contribution is 2.40. The van der Waals surface area contributed by atoms with Crippen molar-refractivity contribution in [3.05, 3.63) is 65.2 Å². The molecule has 2 heteroatoms. The average Bonchev–Trinajstić information content (AvgIpc) is 2.67. The van der Waals surface area contributed by atoms with E-state index in [4.69, 9.17) is 4.74 Å². The van der Waals surface area contributed by atoms with Gasteiger partial charge >= 0.3 is 0 Å². The van der Waals surface area contributed by atoms with E-state index in [2.05, 4.69) is 63.2 Å². The summed E-state index contributed by atoms with van der Waals surface area (Å²) in [5.74, 6) is 1.39. The topological polar surface area (TPSA) is 29.5 Å². The quantitative estimate of drug-likeness (QED) is 0.617. The second-order valence-electron chi connectivity index (χ2n) is 8.68. The minimum Gasteiger partial charge on any atom is -0.489 e. The van der Waals surface area contributed by atoms with E-state index in [1.807, 2.05) is 6.07 Å². The van der Waals surface area contributed by atoms with E-state index in [9.17, 15) is 5.11 Å². The van der Waals surface area contributed by atoms with Crippen LogP contribution in [0.4, 0.5) is 0 Å². The molecule has 2 unspecified atom stereocenters. The third-order valence-corrected chi connectivity index (χ3v) is 5.99. The van der Waals surface area contributed by atoms with Crippen molar-refractivity contribution < 1.29 is 9.84 Å². The summed E-state index contributed by atoms with van der Waals surface area (Å²) in [5, 5.41) is 10.2. The predicted molar refractivity (Wildman–Crippen MR) is 112 cm³/mol. The lowest BCUT2D eigenvalue weighted by Crippen LogP contribution is -2.20. The van der Waals surface area contributed by atoms with Crippen molar-refractivity contribution in [3.8, 4) is 5.75 Å². The summed E-state index contributed by atoms with van der Waals surface area (Å²) in [6.45, 7) is 7.46. The molecule has 0 aromatic heterocycles. The van der Waals surface area contributed by atoms with Crippen LogP contribution >= 0.6 is 0 Å². The molecule has 1 aliphatic carbocycles. The lowest BCUT2D eigenvalue weighted by atomic mass is 9.78. The van der Waals surface area contributed by atoms with E-state index in [1.165, 1.54) is 23.1 Å². The monoisotopic (exact) mass is 366 g/mol. The summed E-state index contributed by atoms with van der Waals surface area (Å²) in [5.41, 5.74) is 3.93. The zero-order chi connectivity index (χ0) is 19.3. The number of hydrogen-bond acceptors (Lipinski definition) is 2. The van der Waals surface area contributed by atoms with Crippen molar-refractivity contribution in [3.63, 3.8) is 0 Å². The van der Waals surface area contributed by atoms with Crippen molar-refractivity contribution in [1.82, 2.24) is 0 Å². The third-order valence-electron chi connectivity index (χ3n) is 5.99. The lowest BCUT2D eigenvalue weighted by Gasteiger charge is -2.30. The van der Waals surface area contributed by atoms with Crippen LogP contribution < -0.4 is 4.74 Å². The Bertz CT molecular complexity index is 720. The molecule has 2 atom stereocenters. The molecule has 1 aliphatic rings. The molecule has 1 N–H and O–H groups in total. The molecular formula is C25H34O2. The fraction of sp³-hybridized carbons (Fsp3) is 0.520. The maximum atomic E-state index is 10.2. The Kier molecular flexibility index (Phi) is 6.59. The zero-order valence-corrected chi connectivity index (χ0v) is 17.1. The number of hydrogen-bond donors (Lipinski definition) is 1. The third kappa shape index (κ3) is 5.13. The van der Waals surface area contributed by atoms with Crippen LogP contribution in [0.25, 0.3) is 0 Å². The fourth-order valence-electron chi connectivity index (χ4n) is 4.37. The van der Waals surface area contributed by atoms with Gasteiger partial charge in [0.15, 0.2) is 0 Å². The fourth-order valence-corrected chi connectivity index (χ4v) is 4.37. The highest BCUT2D eigenvalue weighted by atomic mass is 16.5. The Morgan fingerprint density at radius 3 is 2.56 bits per heavy atom. The van der Waals surface area contributed by atoms with Crippen LogP contribution in [-0.4, -0.2) is 11.2 Å². The Hall–Kier alpha value is -1.80. The van der Waals surface area contributed by atoms with Crippen molar-refractivity contribution >= 4 is 0 Å². The summed E-state index contributed by atoms with van der Waals surface area (Å²) in [7, 11) is 0. The van der Waals surface area contributed by atoms with E-state index in [-0.39, 0.29) is 11.5 Å². The molecule has 1 saturated carbocycles. The first-order chi connectivity index (χ1) is 13.0. The predicted octanol–water partition coefficient (Wildman–Crippen LogP) is 6.36. The first kappa shape index (κ1) is 19.9. The van der Waals surface area contributed by atoms with Crippen LogP contribution in [-0.2, 0) is 12.0 Å². The Labute approximate surface area is 164 Å². The minimum absolute atomic E-state index is 0.143. The standard InChI is InChI=1S/C25H34O2/c1-4-15-25(2,3)21-13-14-23(20-11-8-12-22(26)16-20)24(17-21)27-18-19-9-6-5-7-10-19/h5-7,9-10,13-14,17,20,22,26H,4,8,11-12,15-16,18H2,1-3H3. The van der Waals surface area contributed by atoms with E-state index < -0.39 is 0 Å². The largest absolute Gasteiger partial charge is 0.489 e. The average molecular weight is 367 g/mol. The van der Waals surface area contributed by atoms with Gasteiger partial charge in [0.25, 0.3) is 0 Å². The zero-order valence-electron chi connectivity index (χ0n) is 17.1. The molecule has 2 aromatic rings. The Morgan fingerprint density at radius 2 is 1.85 bits per heavy atom. The SMILES string of the molecule is CCCC(C)(C)c1ccc(C2CCCC(O)C2)c(OCc2ccccc2)c1. The van der Waals surface area contributed by atoms with Gasteiger partial charge in [0.1, 0.15) is 12.4 Å². The molecule has 0 spiro atoms. The van der Waals surface area contributed by atoms with Crippen LogP contribution in [0.2, 0.25) is 0 Å². The maximum absolute atomic E-state index is 10.2. The van der Waals surface area contributed by atoms with Gasteiger partial charge in [-0.25, -0.2) is 0 Å². The molecule has 0 heterocycles. The molecule has 3 rings (SSSR count). The summed E-state index contributed by atoms with van der Waals surface area (Å²) >= 11 is 0. The molecule has 0 amide bonds. The molecule has 2 aromatic carbocycles. The second kappa shape index (κ2) is 8.93. The normalized spacial score (nSPS) is 20.4. The molecule has 0 aliphatic heterocycles. The van der Waals surface area contributed by atoms with Gasteiger partial charge < -0.3 is 9.84 Å². The van der Waals surface area contributed by atoms with Crippen LogP contribution in [0.1, 0.15) is 81.9 Å². The van der Waals surface area contributed by atoms with Gasteiger partial charge in [0.2, 0.25) is 0 Å². The molecule has 27 heavy (non-hydrogen) atoms. The van der Waals surface area contributed by atoms with Gasteiger partial charge in [-0.15, -0.1) is 0 Å². The van der Waals surface area contributed by atoms with Gasteiger partial charge in [0.05, 0.1) is 6.10 Å². The number of ether oxygens (including phenoxy) is 1. The minimum atomic E-state index is -0.179. The second-order valence-corrected chi connectivity index (χ2v) is 8.68. The van der Waals surface area contributed by atoms with Crippen LogP contribution in [0.3, 0.4) is 0 Å². The number of rotatable bonds is 7. The summed E-state index contributed by atoms with van der Waals surface area (Å²) in [6, 6.07) is 17.2. The van der Waals surface area contributed by atoms with Crippen LogP contribution in [0.5, 0.6) is 5.75 Å². The number of aliphatic hydroxyl groups excluding tert-OH is 1. The molecule has 146 valence electrons. The highest BCUT2D eigenvalue weighted by molar-refractivity contribution is 5.43. The van der Waals surface area contributed by atoms with Crippen molar-refractivity contribution in [2.45, 2.75) is 83.3 Å². The van der Waals surface area contributed by atoms with Crippen LogP contribution in [0, 0.1) is 0 Å². The first-order valence-corrected chi connectivity index (χ1v) is 10.5. The first-order valence-electron chi connectivity index (χ1n) is 10.5. The smallest absolute Gasteiger partial charge is 0.123 e. The van der Waals surface area contributed by atoms with Crippen molar-refractivity contribution in [2.75, 3.05) is 0 Å². The van der Waals surface area contributed by atoms with Gasteiger partial charge in [0, 0.05) is 0 Å². The van der Waals surface area contributed by atoms with E-state index >= 15 is 0 Å². The molecular weight excluding hydrogens is 332 g/mol. The molecule has 1 fully saturated rings. The summed E-state index contributed by atoms with van der Waals surface area (Å²) in [6.07, 6.45) is 6.15. The van der Waals surface area contributed by atoms with Crippen LogP contribution in [0.15, 0.2) is 48.5 Å². The summed E-state index contributed by atoms with van der Waals surface area (Å²) in [4.78, 5) is 0. The van der Waals surface area contributed by atoms with Crippen molar-refractivity contribution in [1.29, 1.82) is 0 Å².